The fraction of sp³-hybridized carbons (Fsp3) is 0.143. The van der Waals surface area contributed by atoms with E-state index in [0.29, 0.717) is 17.1 Å². The van der Waals surface area contributed by atoms with Crippen LogP contribution in [0.15, 0.2) is 291 Å². The standard InChI is InChI=1S/C91H75BN2O/c1-88(2,3)65-43-48-79-74(53-65)75-54-66(89(4,5)6)44-49-80(75)93(79)68-45-46-77-83(57-68)95-84-52-62(58-28-15-10-16-29-58)51-82-86(84)92(77)78-50-61(69-39-27-40-71-70-38-25-26-41-76(70)91(85(69)71,63-34-21-13-22-35-63)64-36-23-14-24-37-64)42-47-81(78)94(82)87-72(59-30-17-11-18-31-59)55-67(90(7,8)9)56-73(87)60-32-19-12-20-33-60/h10-57H,1-9H3/i10D,15D,16D,28D,29D. The zero-order valence-corrected chi connectivity index (χ0v) is 55.2. The van der Waals surface area contributed by atoms with Crippen LogP contribution in [0.4, 0.5) is 17.1 Å². The van der Waals surface area contributed by atoms with E-state index in [1.54, 1.807) is 0 Å². The van der Waals surface area contributed by atoms with Crippen LogP contribution in [0.3, 0.4) is 0 Å². The van der Waals surface area contributed by atoms with E-state index in [1.165, 1.54) is 55.3 Å². The summed E-state index contributed by atoms with van der Waals surface area (Å²) in [5.41, 5.74) is 25.1. The van der Waals surface area contributed by atoms with Gasteiger partial charge in [0.15, 0.2) is 0 Å². The van der Waals surface area contributed by atoms with Gasteiger partial charge in [-0.05, 0) is 177 Å². The van der Waals surface area contributed by atoms with E-state index in [9.17, 15) is 2.74 Å². The Labute approximate surface area is 566 Å². The zero-order chi connectivity index (χ0) is 69.1. The van der Waals surface area contributed by atoms with E-state index in [0.717, 1.165) is 89.1 Å². The van der Waals surface area contributed by atoms with Gasteiger partial charge in [0, 0.05) is 45.0 Å². The van der Waals surface area contributed by atoms with Crippen molar-refractivity contribution >= 4 is 62.0 Å². The van der Waals surface area contributed by atoms with Gasteiger partial charge in [-0.15, -0.1) is 0 Å². The maximum Gasteiger partial charge on any atom is 0.256 e. The monoisotopic (exact) mass is 1230 g/mol. The van der Waals surface area contributed by atoms with Gasteiger partial charge < -0.3 is 14.2 Å². The molecular formula is C91H75BN2O. The van der Waals surface area contributed by atoms with Gasteiger partial charge >= 0.3 is 0 Å². The van der Waals surface area contributed by atoms with E-state index >= 15 is 0 Å². The van der Waals surface area contributed by atoms with E-state index in [1.807, 2.05) is 6.07 Å². The highest BCUT2D eigenvalue weighted by Gasteiger charge is 2.49. The van der Waals surface area contributed by atoms with Crippen molar-refractivity contribution in [2.75, 3.05) is 4.90 Å². The van der Waals surface area contributed by atoms with Crippen LogP contribution >= 0.6 is 0 Å². The third-order valence-corrected chi connectivity index (χ3v) is 20.5. The fourth-order valence-corrected chi connectivity index (χ4v) is 15.8. The number of rotatable bonds is 8. The summed E-state index contributed by atoms with van der Waals surface area (Å²) < 4.78 is 56.5. The highest BCUT2D eigenvalue weighted by atomic mass is 16.5. The van der Waals surface area contributed by atoms with E-state index < -0.39 is 30.3 Å². The maximum absolute atomic E-state index is 9.66. The molecule has 0 N–H and O–H groups in total. The predicted octanol–water partition coefficient (Wildman–Crippen LogP) is 22.1. The number of fused-ring (bicyclic) bond motifs is 10. The number of benzene rings is 13. The molecule has 0 amide bonds. The summed E-state index contributed by atoms with van der Waals surface area (Å²) in [6.07, 6.45) is 0. The van der Waals surface area contributed by atoms with Crippen LogP contribution in [-0.2, 0) is 21.7 Å². The summed E-state index contributed by atoms with van der Waals surface area (Å²) in [6.45, 7) is 20.0. The third kappa shape index (κ3) is 9.23. The van der Waals surface area contributed by atoms with Crippen molar-refractivity contribution in [3.8, 4) is 72.8 Å². The van der Waals surface area contributed by atoms with Crippen LogP contribution in [-0.4, -0.2) is 11.3 Å². The van der Waals surface area contributed by atoms with Gasteiger partial charge in [0.05, 0.1) is 29.0 Å². The fourth-order valence-electron chi connectivity index (χ4n) is 15.8. The number of hydrogen-bond acceptors (Lipinski definition) is 2. The number of anilines is 3. The number of aromatic nitrogens is 1. The Balaban J connectivity index is 0.998. The Morgan fingerprint density at radius 3 is 1.52 bits per heavy atom. The molecule has 2 aliphatic heterocycles. The molecule has 3 aliphatic rings. The first-order valence-corrected chi connectivity index (χ1v) is 33.3. The minimum absolute atomic E-state index is 0.0868. The lowest BCUT2D eigenvalue weighted by molar-refractivity contribution is 0.487. The Bertz CT molecular complexity index is 5510. The first-order valence-electron chi connectivity index (χ1n) is 35.8. The van der Waals surface area contributed by atoms with Crippen LogP contribution in [0, 0.1) is 0 Å². The minimum Gasteiger partial charge on any atom is -0.458 e. The molecule has 0 saturated heterocycles. The summed E-state index contributed by atoms with van der Waals surface area (Å²) in [5.74, 6) is 1.18. The largest absolute Gasteiger partial charge is 0.458 e. The van der Waals surface area contributed by atoms with Gasteiger partial charge in [-0.2, -0.15) is 0 Å². The third-order valence-electron chi connectivity index (χ3n) is 20.5. The molecule has 17 rings (SSSR count). The van der Waals surface area contributed by atoms with Gasteiger partial charge in [-0.25, -0.2) is 0 Å². The Morgan fingerprint density at radius 1 is 0.379 bits per heavy atom. The molecule has 3 nitrogen and oxygen atoms in total. The Morgan fingerprint density at radius 2 is 0.926 bits per heavy atom. The van der Waals surface area contributed by atoms with Gasteiger partial charge in [-0.3, -0.25) is 0 Å². The second-order valence-electron chi connectivity index (χ2n) is 29.2. The first-order chi connectivity index (χ1) is 48.1. The average molecular weight is 1230 g/mol. The molecular weight excluding hydrogens is 1150 g/mol. The summed E-state index contributed by atoms with van der Waals surface area (Å²) in [4.78, 5) is 2.41. The quantitative estimate of drug-likeness (QED) is 0.141. The van der Waals surface area contributed by atoms with Crippen LogP contribution < -0.4 is 26.0 Å². The smallest absolute Gasteiger partial charge is 0.256 e. The van der Waals surface area contributed by atoms with Crippen molar-refractivity contribution in [1.29, 1.82) is 0 Å². The number of hydrogen-bond donors (Lipinski definition) is 0. The summed E-state index contributed by atoms with van der Waals surface area (Å²) >= 11 is 0. The molecule has 458 valence electrons. The van der Waals surface area contributed by atoms with E-state index in [4.69, 9.17) is 8.85 Å². The number of nitrogens with zero attached hydrogens (tertiary/aromatic N) is 2. The molecule has 0 fully saturated rings. The Kier molecular flexibility index (Phi) is 12.1. The molecule has 95 heavy (non-hydrogen) atoms. The molecule has 3 heterocycles. The molecule has 14 aromatic rings. The van der Waals surface area contributed by atoms with Crippen LogP contribution in [0.1, 0.15) is 108 Å². The van der Waals surface area contributed by atoms with Crippen molar-refractivity contribution in [3.05, 3.63) is 330 Å². The molecule has 0 unspecified atom stereocenters. The zero-order valence-electron chi connectivity index (χ0n) is 60.2. The van der Waals surface area contributed by atoms with Crippen molar-refractivity contribution in [2.45, 2.75) is 84.0 Å². The van der Waals surface area contributed by atoms with Crippen LogP contribution in [0.5, 0.6) is 11.5 Å². The van der Waals surface area contributed by atoms with E-state index in [-0.39, 0.29) is 33.9 Å². The SMILES string of the molecule is [2H]c1c([2H])c([2H])c(-c2cc3c4c(c2)N(c2c(-c5ccccc5)cc(C(C)(C)C)cc2-c2ccccc2)c2ccc(-c5cccc6c5C(c5ccccc5)(c5ccccc5)c5ccccc5-6)cc2B4c2ccc(-n4c5ccc(C(C)(C)C)cc5c5cc(C(C)(C)C)ccc54)cc2O3)c([2H])c1[2H]. The molecule has 1 aromatic heterocycles. The highest BCUT2D eigenvalue weighted by molar-refractivity contribution is 6.99. The van der Waals surface area contributed by atoms with Crippen LogP contribution in [0.2, 0.25) is 0 Å². The molecule has 13 aromatic carbocycles. The predicted molar refractivity (Wildman–Crippen MR) is 402 cm³/mol. The minimum atomic E-state index is -0.701. The van der Waals surface area contributed by atoms with Gasteiger partial charge in [-0.1, -0.05) is 287 Å². The number of ether oxygens (including phenoxy) is 1. The molecule has 4 heteroatoms. The van der Waals surface area contributed by atoms with Gasteiger partial charge in [0.1, 0.15) is 11.5 Å². The highest BCUT2D eigenvalue weighted by Crippen LogP contribution is 2.59. The lowest BCUT2D eigenvalue weighted by atomic mass is 9.34. The summed E-state index contributed by atoms with van der Waals surface area (Å²) in [6, 6.07) is 93.6. The van der Waals surface area contributed by atoms with Gasteiger partial charge in [0.25, 0.3) is 6.71 Å². The molecule has 0 bridgehead atoms. The molecule has 0 spiro atoms. The molecule has 0 radical (unpaired) electrons. The Hall–Kier alpha value is -10.7. The van der Waals surface area contributed by atoms with Gasteiger partial charge in [0.2, 0.25) is 0 Å². The molecule has 0 saturated carbocycles. The van der Waals surface area contributed by atoms with E-state index in [2.05, 4.69) is 327 Å². The first kappa shape index (κ1) is 52.8. The second kappa shape index (κ2) is 21.7. The normalized spacial score (nSPS) is 14.4. The van der Waals surface area contributed by atoms with Crippen molar-refractivity contribution < 1.29 is 11.6 Å². The lowest BCUT2D eigenvalue weighted by Gasteiger charge is -2.42. The lowest BCUT2D eigenvalue weighted by Crippen LogP contribution is -2.59. The van der Waals surface area contributed by atoms with Crippen molar-refractivity contribution in [2.24, 2.45) is 0 Å². The summed E-state index contributed by atoms with van der Waals surface area (Å²) in [7, 11) is 0. The second-order valence-corrected chi connectivity index (χ2v) is 29.2. The summed E-state index contributed by atoms with van der Waals surface area (Å²) in [5, 5.41) is 2.36. The van der Waals surface area contributed by atoms with Crippen molar-refractivity contribution in [1.82, 2.24) is 4.57 Å². The average Bonchev–Trinajstić information content (AvgIpc) is 1.48. The maximum atomic E-state index is 9.66. The molecule has 1 aliphatic carbocycles. The van der Waals surface area contributed by atoms with Crippen LogP contribution in [0.25, 0.3) is 83.1 Å². The van der Waals surface area contributed by atoms with Crippen molar-refractivity contribution in [3.63, 3.8) is 0 Å². The topological polar surface area (TPSA) is 17.4 Å². The molecule has 0 atom stereocenters.